The number of carbonyl (C=O) groups is 4. The zero-order valence-electron chi connectivity index (χ0n) is 32.7. The van der Waals surface area contributed by atoms with Crippen LogP contribution in [0, 0.1) is 41.5 Å². The van der Waals surface area contributed by atoms with E-state index in [-0.39, 0.29) is 36.5 Å². The van der Waals surface area contributed by atoms with E-state index < -0.39 is 10.5 Å². The van der Waals surface area contributed by atoms with E-state index in [0.29, 0.717) is 47.6 Å². The Balaban J connectivity index is 1.13. The number of amides is 4. The summed E-state index contributed by atoms with van der Waals surface area (Å²) < 4.78 is 0. The number of amidine groups is 2. The first-order valence-electron chi connectivity index (χ1n) is 18.8. The molecule has 0 aromatic heterocycles. The highest BCUT2D eigenvalue weighted by atomic mass is 32.2. The van der Waals surface area contributed by atoms with Crippen LogP contribution in [0.15, 0.2) is 94.9 Å². The molecule has 290 valence electrons. The molecule has 0 spiro atoms. The molecule has 2 saturated heterocycles. The molecule has 0 aliphatic carbocycles. The van der Waals surface area contributed by atoms with Gasteiger partial charge in [-0.25, -0.2) is 9.98 Å². The summed E-state index contributed by atoms with van der Waals surface area (Å²) in [5.74, 6) is -0.785. The fourth-order valence-electron chi connectivity index (χ4n) is 7.10. The molecular formula is C44H48N6O4S2. The van der Waals surface area contributed by atoms with E-state index in [9.17, 15) is 19.2 Å². The van der Waals surface area contributed by atoms with Crippen LogP contribution < -0.4 is 10.6 Å². The minimum absolute atomic E-state index is 0.0113. The SMILES string of the molecule is Cc1cc(C)c(NC(=O)C[C@@H]2SC(=Nc3ccccc3)N(CCCCN3C(=O)[C@@H](CC(=O)Nc4c(C)cc(C)cc4C)SC3=Nc3ccccc3)C2=O)c(C)c1. The summed E-state index contributed by atoms with van der Waals surface area (Å²) in [5, 5.41) is 5.93. The number of nitrogens with zero attached hydrogens (tertiary/aromatic N) is 4. The van der Waals surface area contributed by atoms with Gasteiger partial charge in [0.05, 0.1) is 11.4 Å². The second-order valence-electron chi connectivity index (χ2n) is 14.4. The van der Waals surface area contributed by atoms with Gasteiger partial charge in [0, 0.05) is 37.3 Å². The van der Waals surface area contributed by atoms with Crippen LogP contribution in [-0.2, 0) is 19.2 Å². The predicted octanol–water partition coefficient (Wildman–Crippen LogP) is 8.94. The molecule has 4 aromatic rings. The summed E-state index contributed by atoms with van der Waals surface area (Å²) in [4.78, 5) is 67.3. The molecule has 0 bridgehead atoms. The second kappa shape index (κ2) is 18.2. The zero-order valence-corrected chi connectivity index (χ0v) is 34.4. The van der Waals surface area contributed by atoms with Crippen LogP contribution in [0.2, 0.25) is 0 Å². The van der Waals surface area contributed by atoms with Gasteiger partial charge in [0.1, 0.15) is 10.5 Å². The molecular weight excluding hydrogens is 741 g/mol. The van der Waals surface area contributed by atoms with Crippen molar-refractivity contribution in [2.75, 3.05) is 23.7 Å². The molecule has 2 fully saturated rings. The molecule has 10 nitrogen and oxygen atoms in total. The summed E-state index contributed by atoms with van der Waals surface area (Å²) in [6.45, 7) is 12.6. The number of carbonyl (C=O) groups excluding carboxylic acids is 4. The Hall–Kier alpha value is -5.20. The molecule has 4 aromatic carbocycles. The first kappa shape index (κ1) is 40.5. The van der Waals surface area contributed by atoms with Gasteiger partial charge in [0.2, 0.25) is 23.6 Å². The van der Waals surface area contributed by atoms with Crippen LogP contribution in [0.25, 0.3) is 0 Å². The number of aryl methyl sites for hydroxylation is 6. The van der Waals surface area contributed by atoms with E-state index in [4.69, 9.17) is 9.98 Å². The van der Waals surface area contributed by atoms with E-state index in [1.165, 1.54) is 23.5 Å². The average molecular weight is 789 g/mol. The van der Waals surface area contributed by atoms with Crippen LogP contribution in [0.1, 0.15) is 59.1 Å². The van der Waals surface area contributed by atoms with Crippen molar-refractivity contribution in [1.82, 2.24) is 9.80 Å². The maximum absolute atomic E-state index is 13.9. The lowest BCUT2D eigenvalue weighted by atomic mass is 10.0. The molecule has 0 radical (unpaired) electrons. The lowest BCUT2D eigenvalue weighted by Gasteiger charge is -2.19. The van der Waals surface area contributed by atoms with Crippen molar-refractivity contribution >= 4 is 80.2 Å². The van der Waals surface area contributed by atoms with Gasteiger partial charge in [0.25, 0.3) is 0 Å². The molecule has 2 aliphatic rings. The Morgan fingerprint density at radius 1 is 0.571 bits per heavy atom. The quantitative estimate of drug-likeness (QED) is 0.131. The third-order valence-corrected chi connectivity index (χ3v) is 12.0. The van der Waals surface area contributed by atoms with Crippen LogP contribution in [-0.4, -0.2) is 67.4 Å². The molecule has 6 rings (SSSR count). The molecule has 2 aliphatic heterocycles. The van der Waals surface area contributed by atoms with E-state index in [1.807, 2.05) is 126 Å². The molecule has 0 unspecified atom stereocenters. The number of rotatable bonds is 13. The standard InChI is InChI=1S/C44H48N6O4S2/c1-27-21-29(3)39(30(4)22-27)47-37(51)25-35-41(53)49(43(55-35)45-33-15-9-7-10-16-33)19-13-14-20-50-42(54)36(56-44(50)46-34-17-11-8-12-18-34)26-38(52)48-40-31(5)23-28(2)24-32(40)6/h7-12,15-18,21-24,35-36H,13-14,19-20,25-26H2,1-6H3,(H,47,51)(H,48,52)/t35-,36+. The lowest BCUT2D eigenvalue weighted by molar-refractivity contribution is -0.128. The molecule has 2 atom stereocenters. The summed E-state index contributed by atoms with van der Waals surface area (Å²) in [6, 6.07) is 27.0. The van der Waals surface area contributed by atoms with Gasteiger partial charge in [-0.3, -0.25) is 29.0 Å². The minimum Gasteiger partial charge on any atom is -0.326 e. The largest absolute Gasteiger partial charge is 0.326 e. The normalized spacial score (nSPS) is 18.3. The van der Waals surface area contributed by atoms with Gasteiger partial charge in [-0.05, 0) is 101 Å². The van der Waals surface area contributed by atoms with Gasteiger partial charge < -0.3 is 10.6 Å². The highest BCUT2D eigenvalue weighted by Crippen LogP contribution is 2.35. The maximum Gasteiger partial charge on any atom is 0.242 e. The summed E-state index contributed by atoms with van der Waals surface area (Å²) in [6.07, 6.45) is 1.17. The Labute approximate surface area is 337 Å². The van der Waals surface area contributed by atoms with Crippen molar-refractivity contribution in [2.24, 2.45) is 9.98 Å². The van der Waals surface area contributed by atoms with Gasteiger partial charge >= 0.3 is 0 Å². The molecule has 0 saturated carbocycles. The van der Waals surface area contributed by atoms with Gasteiger partial charge in [-0.15, -0.1) is 0 Å². The van der Waals surface area contributed by atoms with Crippen LogP contribution in [0.5, 0.6) is 0 Å². The third kappa shape index (κ3) is 9.96. The lowest BCUT2D eigenvalue weighted by Crippen LogP contribution is -2.36. The molecule has 4 amide bonds. The van der Waals surface area contributed by atoms with Crippen molar-refractivity contribution in [3.63, 3.8) is 0 Å². The summed E-state index contributed by atoms with van der Waals surface area (Å²) in [7, 11) is 0. The fraction of sp³-hybridized carbons (Fsp3) is 0.318. The highest BCUT2D eigenvalue weighted by Gasteiger charge is 2.41. The number of hydrogen-bond donors (Lipinski definition) is 2. The number of thioether (sulfide) groups is 2. The Kier molecular flexibility index (Phi) is 13.1. The van der Waals surface area contributed by atoms with Crippen molar-refractivity contribution < 1.29 is 19.2 Å². The Bertz CT molecular complexity index is 1990. The third-order valence-electron chi connectivity index (χ3n) is 9.64. The van der Waals surface area contributed by atoms with E-state index >= 15 is 0 Å². The van der Waals surface area contributed by atoms with Crippen LogP contribution >= 0.6 is 23.5 Å². The van der Waals surface area contributed by atoms with Gasteiger partial charge in [0.15, 0.2) is 10.3 Å². The number of nitrogens with one attached hydrogen (secondary N) is 2. The predicted molar refractivity (Wildman–Crippen MR) is 230 cm³/mol. The van der Waals surface area contributed by atoms with Gasteiger partial charge in [-0.2, -0.15) is 0 Å². The average Bonchev–Trinajstić information content (AvgIpc) is 3.59. The number of anilines is 2. The summed E-state index contributed by atoms with van der Waals surface area (Å²) in [5.41, 5.74) is 9.12. The van der Waals surface area contributed by atoms with E-state index in [1.54, 1.807) is 9.80 Å². The Morgan fingerprint density at radius 3 is 1.25 bits per heavy atom. The first-order valence-corrected chi connectivity index (χ1v) is 20.6. The smallest absolute Gasteiger partial charge is 0.242 e. The van der Waals surface area contributed by atoms with Gasteiger partial charge in [-0.1, -0.05) is 95.3 Å². The molecule has 2 N–H and O–H groups in total. The van der Waals surface area contributed by atoms with Crippen molar-refractivity contribution in [3.8, 4) is 0 Å². The van der Waals surface area contributed by atoms with Crippen LogP contribution in [0.3, 0.4) is 0 Å². The van der Waals surface area contributed by atoms with E-state index in [2.05, 4.69) is 10.6 Å². The van der Waals surface area contributed by atoms with Crippen molar-refractivity contribution in [3.05, 3.63) is 118 Å². The molecule has 2 heterocycles. The first-order chi connectivity index (χ1) is 26.9. The van der Waals surface area contributed by atoms with E-state index in [0.717, 1.165) is 44.8 Å². The molecule has 12 heteroatoms. The van der Waals surface area contributed by atoms with Crippen LogP contribution in [0.4, 0.5) is 22.7 Å². The zero-order chi connectivity index (χ0) is 39.9. The number of para-hydroxylation sites is 2. The number of hydrogen-bond acceptors (Lipinski definition) is 8. The number of unbranched alkanes of at least 4 members (excludes halogenated alkanes) is 1. The van der Waals surface area contributed by atoms with Crippen molar-refractivity contribution in [2.45, 2.75) is 77.7 Å². The fourth-order valence-corrected chi connectivity index (χ4v) is 9.47. The van der Waals surface area contributed by atoms with Crippen molar-refractivity contribution in [1.29, 1.82) is 0 Å². The second-order valence-corrected chi connectivity index (χ2v) is 16.8. The highest BCUT2D eigenvalue weighted by molar-refractivity contribution is 8.15. The minimum atomic E-state index is -0.621. The summed E-state index contributed by atoms with van der Waals surface area (Å²) >= 11 is 2.61. The maximum atomic E-state index is 13.9. The monoisotopic (exact) mass is 788 g/mol. The number of aliphatic imine (C=N–C) groups is 2. The number of benzene rings is 4. The topological polar surface area (TPSA) is 124 Å². The molecule has 56 heavy (non-hydrogen) atoms. The Morgan fingerprint density at radius 2 is 0.911 bits per heavy atom.